The van der Waals surface area contributed by atoms with Gasteiger partial charge in [-0.3, -0.25) is 4.90 Å². The van der Waals surface area contributed by atoms with Crippen molar-refractivity contribution in [3.05, 3.63) is 0 Å². The third-order valence-electron chi connectivity index (χ3n) is 4.74. The molecule has 2 atom stereocenters. The van der Waals surface area contributed by atoms with Gasteiger partial charge in [0.15, 0.2) is 0 Å². The molecule has 2 unspecified atom stereocenters. The van der Waals surface area contributed by atoms with Gasteiger partial charge in [0.25, 0.3) is 0 Å². The third-order valence-corrected chi connectivity index (χ3v) is 4.74. The lowest BCUT2D eigenvalue weighted by molar-refractivity contribution is 0.123. The topological polar surface area (TPSA) is 32.5 Å². The van der Waals surface area contributed by atoms with Crippen LogP contribution < -0.4 is 5.73 Å². The number of likely N-dealkylation sites (tertiary alicyclic amines) is 2. The highest BCUT2D eigenvalue weighted by Crippen LogP contribution is 2.33. The van der Waals surface area contributed by atoms with E-state index in [2.05, 4.69) is 30.7 Å². The summed E-state index contributed by atoms with van der Waals surface area (Å²) in [7, 11) is 2.22. The smallest absolute Gasteiger partial charge is 0.0470 e. The van der Waals surface area contributed by atoms with Gasteiger partial charge in [0, 0.05) is 25.2 Å². The Morgan fingerprint density at radius 1 is 1.38 bits per heavy atom. The molecule has 2 saturated heterocycles. The maximum absolute atomic E-state index is 6.06. The van der Waals surface area contributed by atoms with Crippen LogP contribution in [-0.2, 0) is 0 Å². The molecule has 0 aliphatic carbocycles. The first-order chi connectivity index (χ1) is 7.57. The summed E-state index contributed by atoms with van der Waals surface area (Å²) in [4.78, 5) is 5.11. The summed E-state index contributed by atoms with van der Waals surface area (Å²) >= 11 is 0. The standard InChI is InChI=1S/C13H27N3/c1-11(2)12-4-6-16(8-12)13(9-14)5-7-15(3)10-13/h11-12H,4-10,14H2,1-3H3. The Hall–Kier alpha value is -0.120. The van der Waals surface area contributed by atoms with Gasteiger partial charge in [-0.15, -0.1) is 0 Å². The molecule has 0 aromatic carbocycles. The van der Waals surface area contributed by atoms with Gasteiger partial charge < -0.3 is 10.6 Å². The molecule has 2 rings (SSSR count). The molecule has 3 heteroatoms. The molecule has 0 aromatic rings. The number of hydrogen-bond acceptors (Lipinski definition) is 3. The molecule has 3 nitrogen and oxygen atoms in total. The van der Waals surface area contributed by atoms with E-state index in [1.807, 2.05) is 0 Å². The highest BCUT2D eigenvalue weighted by atomic mass is 15.3. The number of nitrogens with zero attached hydrogens (tertiary/aromatic N) is 2. The number of hydrogen-bond donors (Lipinski definition) is 1. The van der Waals surface area contributed by atoms with Gasteiger partial charge in [-0.1, -0.05) is 13.8 Å². The molecule has 0 bridgehead atoms. The van der Waals surface area contributed by atoms with Crippen LogP contribution in [0.25, 0.3) is 0 Å². The van der Waals surface area contributed by atoms with Gasteiger partial charge in [0.1, 0.15) is 0 Å². The average molecular weight is 225 g/mol. The van der Waals surface area contributed by atoms with Crippen LogP contribution in [0, 0.1) is 11.8 Å². The summed E-state index contributed by atoms with van der Waals surface area (Å²) in [6, 6.07) is 0. The molecule has 2 fully saturated rings. The zero-order valence-corrected chi connectivity index (χ0v) is 11.1. The minimum absolute atomic E-state index is 0.290. The largest absolute Gasteiger partial charge is 0.329 e. The van der Waals surface area contributed by atoms with Crippen LogP contribution in [0.4, 0.5) is 0 Å². The fourth-order valence-electron chi connectivity index (χ4n) is 3.38. The first-order valence-electron chi connectivity index (χ1n) is 6.71. The Labute approximate surface area is 100.0 Å². The second-order valence-corrected chi connectivity index (χ2v) is 6.16. The molecule has 0 saturated carbocycles. The van der Waals surface area contributed by atoms with Gasteiger partial charge in [-0.25, -0.2) is 0 Å². The summed E-state index contributed by atoms with van der Waals surface area (Å²) in [5, 5.41) is 0. The quantitative estimate of drug-likeness (QED) is 0.778. The van der Waals surface area contributed by atoms with Crippen molar-refractivity contribution in [2.24, 2.45) is 17.6 Å². The summed E-state index contributed by atoms with van der Waals surface area (Å²) in [6.07, 6.45) is 2.62. The van der Waals surface area contributed by atoms with Gasteiger partial charge in [-0.2, -0.15) is 0 Å². The van der Waals surface area contributed by atoms with Crippen molar-refractivity contribution in [1.82, 2.24) is 9.80 Å². The van der Waals surface area contributed by atoms with E-state index in [0.717, 1.165) is 24.9 Å². The molecular formula is C13H27N3. The Kier molecular flexibility index (Phi) is 3.57. The van der Waals surface area contributed by atoms with E-state index in [1.165, 1.54) is 32.5 Å². The fourth-order valence-corrected chi connectivity index (χ4v) is 3.38. The lowest BCUT2D eigenvalue weighted by Gasteiger charge is -2.38. The van der Waals surface area contributed by atoms with Crippen molar-refractivity contribution in [2.75, 3.05) is 39.8 Å². The summed E-state index contributed by atoms with van der Waals surface area (Å²) in [5.74, 6) is 1.70. The van der Waals surface area contributed by atoms with Crippen molar-refractivity contribution in [2.45, 2.75) is 32.2 Å². The van der Waals surface area contributed by atoms with Crippen LogP contribution in [-0.4, -0.2) is 55.1 Å². The summed E-state index contributed by atoms with van der Waals surface area (Å²) < 4.78 is 0. The molecule has 94 valence electrons. The Morgan fingerprint density at radius 3 is 2.56 bits per heavy atom. The molecule has 0 radical (unpaired) electrons. The van der Waals surface area contributed by atoms with Crippen LogP contribution in [0.1, 0.15) is 26.7 Å². The Bertz CT molecular complexity index is 241. The molecule has 2 aliphatic rings. The van der Waals surface area contributed by atoms with E-state index in [-0.39, 0.29) is 0 Å². The molecule has 2 heterocycles. The fraction of sp³-hybridized carbons (Fsp3) is 1.00. The lowest BCUT2D eigenvalue weighted by atomic mass is 9.94. The third kappa shape index (κ3) is 2.13. The van der Waals surface area contributed by atoms with Crippen LogP contribution >= 0.6 is 0 Å². The maximum Gasteiger partial charge on any atom is 0.0470 e. The zero-order valence-electron chi connectivity index (χ0n) is 11.1. The predicted molar refractivity (Wildman–Crippen MR) is 68.4 cm³/mol. The normalized spacial score (nSPS) is 37.7. The van der Waals surface area contributed by atoms with Crippen LogP contribution in [0.2, 0.25) is 0 Å². The van der Waals surface area contributed by atoms with Gasteiger partial charge in [-0.05, 0) is 44.8 Å². The van der Waals surface area contributed by atoms with Gasteiger partial charge in [0.2, 0.25) is 0 Å². The van der Waals surface area contributed by atoms with Crippen molar-refractivity contribution in [3.8, 4) is 0 Å². The predicted octanol–water partition coefficient (Wildman–Crippen LogP) is 0.997. The van der Waals surface area contributed by atoms with E-state index < -0.39 is 0 Å². The molecule has 0 spiro atoms. The SMILES string of the molecule is CC(C)C1CCN(C2(CN)CCN(C)C2)C1. The van der Waals surface area contributed by atoms with Crippen molar-refractivity contribution < 1.29 is 0 Å². The van der Waals surface area contributed by atoms with Crippen LogP contribution in [0.5, 0.6) is 0 Å². The van der Waals surface area contributed by atoms with Crippen LogP contribution in [0.15, 0.2) is 0 Å². The monoisotopic (exact) mass is 225 g/mol. The van der Waals surface area contributed by atoms with Crippen molar-refractivity contribution in [1.29, 1.82) is 0 Å². The van der Waals surface area contributed by atoms with E-state index in [9.17, 15) is 0 Å². The van der Waals surface area contributed by atoms with Crippen LogP contribution in [0.3, 0.4) is 0 Å². The van der Waals surface area contributed by atoms with E-state index in [0.29, 0.717) is 5.54 Å². The molecule has 16 heavy (non-hydrogen) atoms. The highest BCUT2D eigenvalue weighted by molar-refractivity contribution is 5.01. The van der Waals surface area contributed by atoms with E-state index in [1.54, 1.807) is 0 Å². The Balaban J connectivity index is 2.01. The molecule has 0 amide bonds. The van der Waals surface area contributed by atoms with E-state index >= 15 is 0 Å². The maximum atomic E-state index is 6.06. The molecule has 2 aliphatic heterocycles. The van der Waals surface area contributed by atoms with Gasteiger partial charge in [0.05, 0.1) is 0 Å². The summed E-state index contributed by atoms with van der Waals surface area (Å²) in [5.41, 5.74) is 6.35. The molecule has 0 aromatic heterocycles. The molecular weight excluding hydrogens is 198 g/mol. The minimum Gasteiger partial charge on any atom is -0.329 e. The zero-order chi connectivity index (χ0) is 11.8. The van der Waals surface area contributed by atoms with E-state index in [4.69, 9.17) is 5.73 Å². The number of rotatable bonds is 3. The minimum atomic E-state index is 0.290. The van der Waals surface area contributed by atoms with Crippen molar-refractivity contribution >= 4 is 0 Å². The number of nitrogens with two attached hydrogens (primary N) is 1. The Morgan fingerprint density at radius 2 is 2.12 bits per heavy atom. The first kappa shape index (κ1) is 12.3. The second kappa shape index (κ2) is 4.63. The second-order valence-electron chi connectivity index (χ2n) is 6.16. The lowest BCUT2D eigenvalue weighted by Crippen LogP contribution is -2.54. The average Bonchev–Trinajstić information content (AvgIpc) is 2.84. The summed E-state index contributed by atoms with van der Waals surface area (Å²) in [6.45, 7) is 10.4. The molecule has 2 N–H and O–H groups in total. The number of likely N-dealkylation sites (N-methyl/N-ethyl adjacent to an activating group) is 1. The van der Waals surface area contributed by atoms with Crippen molar-refractivity contribution in [3.63, 3.8) is 0 Å². The van der Waals surface area contributed by atoms with Gasteiger partial charge >= 0.3 is 0 Å². The first-order valence-corrected chi connectivity index (χ1v) is 6.71. The highest BCUT2D eigenvalue weighted by Gasteiger charge is 2.43.